The first kappa shape index (κ1) is 15.8. The first-order valence-corrected chi connectivity index (χ1v) is 7.49. The van der Waals surface area contributed by atoms with Crippen LogP contribution in [0.2, 0.25) is 5.02 Å². The van der Waals surface area contributed by atoms with Gasteiger partial charge in [0.2, 0.25) is 0 Å². The van der Waals surface area contributed by atoms with Crippen LogP contribution in [0.5, 0.6) is 5.75 Å². The van der Waals surface area contributed by atoms with Crippen LogP contribution in [0.15, 0.2) is 16.6 Å². The maximum absolute atomic E-state index is 12.5. The van der Waals surface area contributed by atoms with E-state index in [1.807, 2.05) is 0 Å². The van der Waals surface area contributed by atoms with Gasteiger partial charge in [-0.15, -0.1) is 0 Å². The van der Waals surface area contributed by atoms with E-state index in [1.165, 1.54) is 6.07 Å². The second-order valence-corrected chi connectivity index (χ2v) is 5.90. The molecule has 1 heterocycles. The van der Waals surface area contributed by atoms with Crippen molar-refractivity contribution in [3.8, 4) is 5.75 Å². The van der Waals surface area contributed by atoms with Crippen LogP contribution in [-0.2, 0) is 4.74 Å². The molecule has 0 saturated carbocycles. The molecule has 3 nitrogen and oxygen atoms in total. The van der Waals surface area contributed by atoms with E-state index < -0.39 is 6.61 Å². The topological polar surface area (TPSA) is 30.5 Å². The predicted octanol–water partition coefficient (Wildman–Crippen LogP) is 4.54. The zero-order valence-corrected chi connectivity index (χ0v) is 13.0. The molecule has 1 aliphatic heterocycles. The molecule has 1 aromatic rings. The minimum Gasteiger partial charge on any atom is -0.431 e. The van der Waals surface area contributed by atoms with Gasteiger partial charge in [0.25, 0.3) is 0 Å². The van der Waals surface area contributed by atoms with Crippen molar-refractivity contribution in [2.24, 2.45) is 5.92 Å². The van der Waals surface area contributed by atoms with Crippen LogP contribution >= 0.6 is 27.5 Å². The SMILES string of the molecule is FC(F)Oc1c(Br)cc(Cl)cc1NCC1CCCOC1. The van der Waals surface area contributed by atoms with Crippen LogP contribution in [0.3, 0.4) is 0 Å². The van der Waals surface area contributed by atoms with Crippen molar-refractivity contribution in [1.29, 1.82) is 0 Å². The third-order valence-electron chi connectivity index (χ3n) is 3.05. The summed E-state index contributed by atoms with van der Waals surface area (Å²) in [5.74, 6) is 0.432. The molecule has 0 spiro atoms. The van der Waals surface area contributed by atoms with Crippen LogP contribution in [0, 0.1) is 5.92 Å². The number of rotatable bonds is 5. The van der Waals surface area contributed by atoms with E-state index in [-0.39, 0.29) is 5.75 Å². The summed E-state index contributed by atoms with van der Waals surface area (Å²) in [7, 11) is 0. The lowest BCUT2D eigenvalue weighted by Crippen LogP contribution is -2.24. The van der Waals surface area contributed by atoms with Gasteiger partial charge in [-0.2, -0.15) is 8.78 Å². The third kappa shape index (κ3) is 4.46. The summed E-state index contributed by atoms with van der Waals surface area (Å²) in [4.78, 5) is 0. The molecule has 0 aromatic heterocycles. The Morgan fingerprint density at radius 2 is 2.30 bits per heavy atom. The van der Waals surface area contributed by atoms with Gasteiger partial charge in [0.1, 0.15) is 0 Å². The first-order chi connectivity index (χ1) is 9.56. The van der Waals surface area contributed by atoms with Crippen molar-refractivity contribution in [3.05, 3.63) is 21.6 Å². The zero-order valence-electron chi connectivity index (χ0n) is 10.7. The second-order valence-electron chi connectivity index (χ2n) is 4.61. The lowest BCUT2D eigenvalue weighted by molar-refractivity contribution is -0.0498. The largest absolute Gasteiger partial charge is 0.431 e. The van der Waals surface area contributed by atoms with Crippen LogP contribution in [0.25, 0.3) is 0 Å². The Balaban J connectivity index is 2.08. The van der Waals surface area contributed by atoms with Gasteiger partial charge >= 0.3 is 6.61 Å². The Morgan fingerprint density at radius 3 is 2.95 bits per heavy atom. The smallest absolute Gasteiger partial charge is 0.387 e. The quantitative estimate of drug-likeness (QED) is 0.825. The number of anilines is 1. The summed E-state index contributed by atoms with van der Waals surface area (Å²) in [5.41, 5.74) is 0.454. The monoisotopic (exact) mass is 369 g/mol. The number of halogens is 4. The highest BCUT2D eigenvalue weighted by atomic mass is 79.9. The van der Waals surface area contributed by atoms with Crippen molar-refractivity contribution in [1.82, 2.24) is 0 Å². The molecule has 0 aliphatic carbocycles. The maximum atomic E-state index is 12.5. The van der Waals surface area contributed by atoms with Crippen LogP contribution < -0.4 is 10.1 Å². The van der Waals surface area contributed by atoms with E-state index in [2.05, 4.69) is 26.0 Å². The van der Waals surface area contributed by atoms with Crippen LogP contribution in [-0.4, -0.2) is 26.4 Å². The molecule has 1 unspecified atom stereocenters. The number of hydrogen-bond donors (Lipinski definition) is 1. The lowest BCUT2D eigenvalue weighted by atomic mass is 10.0. The molecule has 1 saturated heterocycles. The fourth-order valence-electron chi connectivity index (χ4n) is 2.12. The van der Waals surface area contributed by atoms with Gasteiger partial charge in [-0.3, -0.25) is 0 Å². The normalized spacial score (nSPS) is 19.1. The number of hydrogen-bond acceptors (Lipinski definition) is 3. The van der Waals surface area contributed by atoms with Crippen molar-refractivity contribution in [2.75, 3.05) is 25.1 Å². The standard InChI is InChI=1S/C13H15BrClF2NO2/c14-10-4-9(15)5-11(12(10)20-13(16)17)18-6-8-2-1-3-19-7-8/h4-5,8,13,18H,1-3,6-7H2. The Labute approximate surface area is 129 Å². The van der Waals surface area contributed by atoms with Gasteiger partial charge < -0.3 is 14.8 Å². The average Bonchev–Trinajstić information content (AvgIpc) is 2.40. The Bertz CT molecular complexity index is 456. The summed E-state index contributed by atoms with van der Waals surface area (Å²) in [6.07, 6.45) is 2.08. The van der Waals surface area contributed by atoms with E-state index in [4.69, 9.17) is 16.3 Å². The summed E-state index contributed by atoms with van der Waals surface area (Å²) < 4.78 is 35.2. The van der Waals surface area contributed by atoms with Gasteiger partial charge in [-0.25, -0.2) is 0 Å². The van der Waals surface area contributed by atoms with Crippen molar-refractivity contribution in [3.63, 3.8) is 0 Å². The molecule has 7 heteroatoms. The Hall–Kier alpha value is -0.590. The molecule has 0 amide bonds. The van der Waals surface area contributed by atoms with Crippen molar-refractivity contribution in [2.45, 2.75) is 19.5 Å². The van der Waals surface area contributed by atoms with E-state index in [1.54, 1.807) is 6.07 Å². The molecule has 1 N–H and O–H groups in total. The molecule has 20 heavy (non-hydrogen) atoms. The molecule has 0 bridgehead atoms. The van der Waals surface area contributed by atoms with E-state index in [9.17, 15) is 8.78 Å². The molecular formula is C13H15BrClF2NO2. The molecule has 1 atom stereocenters. The number of nitrogens with one attached hydrogen (secondary N) is 1. The van der Waals surface area contributed by atoms with Crippen molar-refractivity contribution < 1.29 is 18.3 Å². The minimum atomic E-state index is -2.88. The first-order valence-electron chi connectivity index (χ1n) is 6.31. The van der Waals surface area contributed by atoms with E-state index >= 15 is 0 Å². The molecule has 0 radical (unpaired) electrons. The average molecular weight is 371 g/mol. The number of benzene rings is 1. The van der Waals surface area contributed by atoms with Gasteiger partial charge in [0, 0.05) is 18.2 Å². The molecule has 1 aromatic carbocycles. The summed E-state index contributed by atoms with van der Waals surface area (Å²) >= 11 is 9.13. The Morgan fingerprint density at radius 1 is 1.50 bits per heavy atom. The fraction of sp³-hybridized carbons (Fsp3) is 0.538. The van der Waals surface area contributed by atoms with Crippen LogP contribution in [0.4, 0.5) is 14.5 Å². The van der Waals surface area contributed by atoms with Gasteiger partial charge in [-0.05, 0) is 46.8 Å². The predicted molar refractivity (Wildman–Crippen MR) is 77.8 cm³/mol. The highest BCUT2D eigenvalue weighted by Crippen LogP contribution is 2.37. The molecule has 2 rings (SSSR count). The highest BCUT2D eigenvalue weighted by Gasteiger charge is 2.18. The minimum absolute atomic E-state index is 0.0705. The van der Waals surface area contributed by atoms with E-state index in [0.717, 1.165) is 19.4 Å². The molecule has 1 fully saturated rings. The zero-order chi connectivity index (χ0) is 14.5. The number of alkyl halides is 2. The van der Waals surface area contributed by atoms with Crippen LogP contribution in [0.1, 0.15) is 12.8 Å². The second kappa shape index (κ2) is 7.43. The number of ether oxygens (including phenoxy) is 2. The molecule has 112 valence electrons. The summed E-state index contributed by atoms with van der Waals surface area (Å²) in [6, 6.07) is 3.10. The van der Waals surface area contributed by atoms with Gasteiger partial charge in [0.05, 0.1) is 16.8 Å². The highest BCUT2D eigenvalue weighted by molar-refractivity contribution is 9.10. The lowest BCUT2D eigenvalue weighted by Gasteiger charge is -2.23. The fourth-order valence-corrected chi connectivity index (χ4v) is 3.03. The molecular weight excluding hydrogens is 356 g/mol. The van der Waals surface area contributed by atoms with E-state index in [0.29, 0.717) is 34.3 Å². The summed E-state index contributed by atoms with van der Waals surface area (Å²) in [6.45, 7) is -0.781. The Kier molecular flexibility index (Phi) is 5.86. The van der Waals surface area contributed by atoms with Crippen molar-refractivity contribution >= 4 is 33.2 Å². The van der Waals surface area contributed by atoms with Gasteiger partial charge in [0.15, 0.2) is 5.75 Å². The van der Waals surface area contributed by atoms with Gasteiger partial charge in [-0.1, -0.05) is 11.6 Å². The third-order valence-corrected chi connectivity index (χ3v) is 3.86. The molecule has 1 aliphatic rings. The summed E-state index contributed by atoms with van der Waals surface area (Å²) in [5, 5.41) is 3.56. The maximum Gasteiger partial charge on any atom is 0.387 e.